The summed E-state index contributed by atoms with van der Waals surface area (Å²) in [5.74, 6) is -0.288. The maximum atomic E-state index is 12.8. The summed E-state index contributed by atoms with van der Waals surface area (Å²) >= 11 is 5.85. The molecule has 0 aromatic heterocycles. The van der Waals surface area contributed by atoms with Crippen LogP contribution >= 0.6 is 11.6 Å². The van der Waals surface area contributed by atoms with Crippen LogP contribution < -0.4 is 5.32 Å². The molecule has 0 aliphatic heterocycles. The molecule has 0 heterocycles. The van der Waals surface area contributed by atoms with E-state index in [0.717, 1.165) is 13.0 Å². The van der Waals surface area contributed by atoms with E-state index in [0.29, 0.717) is 17.3 Å². The number of anilines is 1. The van der Waals surface area contributed by atoms with Crippen LogP contribution in [0, 0.1) is 5.82 Å². The number of ether oxygens (including phenoxy) is 1. The van der Waals surface area contributed by atoms with Crippen LogP contribution in [0.2, 0.25) is 5.02 Å². The van der Waals surface area contributed by atoms with Gasteiger partial charge in [-0.3, -0.25) is 0 Å². The van der Waals surface area contributed by atoms with E-state index in [2.05, 4.69) is 5.32 Å². The van der Waals surface area contributed by atoms with Gasteiger partial charge in [0.25, 0.3) is 0 Å². The van der Waals surface area contributed by atoms with Crippen molar-refractivity contribution in [3.8, 4) is 0 Å². The molecule has 0 amide bonds. The van der Waals surface area contributed by atoms with Gasteiger partial charge in [-0.2, -0.15) is 0 Å². The maximum absolute atomic E-state index is 12.8. The van der Waals surface area contributed by atoms with Gasteiger partial charge in [-0.25, -0.2) is 4.39 Å². The summed E-state index contributed by atoms with van der Waals surface area (Å²) in [6.07, 6.45) is 0.864. The van der Waals surface area contributed by atoms with Gasteiger partial charge in [0.05, 0.1) is 10.7 Å². The third kappa shape index (κ3) is 3.52. The van der Waals surface area contributed by atoms with Crippen LogP contribution in [-0.2, 0) is 4.74 Å². The second-order valence-corrected chi connectivity index (χ2v) is 3.30. The molecule has 1 aromatic carbocycles. The van der Waals surface area contributed by atoms with Crippen LogP contribution in [0.1, 0.15) is 6.42 Å². The molecule has 14 heavy (non-hydrogen) atoms. The Morgan fingerprint density at radius 3 is 3.00 bits per heavy atom. The summed E-state index contributed by atoms with van der Waals surface area (Å²) in [5, 5.41) is 3.57. The van der Waals surface area contributed by atoms with E-state index in [1.165, 1.54) is 18.2 Å². The number of hydrogen-bond acceptors (Lipinski definition) is 2. The van der Waals surface area contributed by atoms with Gasteiger partial charge in [-0.15, -0.1) is 0 Å². The zero-order chi connectivity index (χ0) is 10.4. The van der Waals surface area contributed by atoms with E-state index < -0.39 is 0 Å². The lowest BCUT2D eigenvalue weighted by Crippen LogP contribution is -2.05. The van der Waals surface area contributed by atoms with E-state index >= 15 is 0 Å². The zero-order valence-electron chi connectivity index (χ0n) is 8.02. The average molecular weight is 218 g/mol. The largest absolute Gasteiger partial charge is 0.385 e. The maximum Gasteiger partial charge on any atom is 0.125 e. The first-order chi connectivity index (χ1) is 6.74. The number of benzene rings is 1. The second kappa shape index (κ2) is 5.83. The first-order valence-electron chi connectivity index (χ1n) is 4.42. The van der Waals surface area contributed by atoms with Crippen molar-refractivity contribution in [2.45, 2.75) is 6.42 Å². The van der Waals surface area contributed by atoms with Crippen molar-refractivity contribution in [1.82, 2.24) is 0 Å². The fraction of sp³-hybridized carbons (Fsp3) is 0.400. The van der Waals surface area contributed by atoms with Crippen LogP contribution in [0.3, 0.4) is 0 Å². The minimum atomic E-state index is -0.288. The first-order valence-corrected chi connectivity index (χ1v) is 4.79. The molecular weight excluding hydrogens is 205 g/mol. The Bertz CT molecular complexity index is 293. The van der Waals surface area contributed by atoms with Crippen LogP contribution in [0.5, 0.6) is 0 Å². The van der Waals surface area contributed by atoms with Crippen molar-refractivity contribution >= 4 is 17.3 Å². The molecule has 0 aliphatic carbocycles. The topological polar surface area (TPSA) is 21.3 Å². The Morgan fingerprint density at radius 2 is 2.29 bits per heavy atom. The Labute approximate surface area is 88.0 Å². The highest BCUT2D eigenvalue weighted by Crippen LogP contribution is 2.22. The van der Waals surface area contributed by atoms with Crippen LogP contribution in [0.4, 0.5) is 10.1 Å². The van der Waals surface area contributed by atoms with Crippen LogP contribution in [0.15, 0.2) is 18.2 Å². The Balaban J connectivity index is 2.45. The normalized spacial score (nSPS) is 10.2. The third-order valence-corrected chi connectivity index (χ3v) is 2.10. The molecule has 0 atom stereocenters. The van der Waals surface area contributed by atoms with E-state index in [-0.39, 0.29) is 5.82 Å². The summed E-state index contributed by atoms with van der Waals surface area (Å²) in [7, 11) is 1.65. The molecule has 1 N–H and O–H groups in total. The summed E-state index contributed by atoms with van der Waals surface area (Å²) in [6, 6.07) is 4.26. The van der Waals surface area contributed by atoms with Crippen molar-refractivity contribution in [3.63, 3.8) is 0 Å². The highest BCUT2D eigenvalue weighted by molar-refractivity contribution is 6.33. The lowest BCUT2D eigenvalue weighted by atomic mass is 10.3. The van der Waals surface area contributed by atoms with Crippen molar-refractivity contribution in [2.24, 2.45) is 0 Å². The predicted molar refractivity (Wildman–Crippen MR) is 56.4 cm³/mol. The fourth-order valence-corrected chi connectivity index (χ4v) is 1.26. The van der Waals surface area contributed by atoms with E-state index in [4.69, 9.17) is 16.3 Å². The van der Waals surface area contributed by atoms with Gasteiger partial charge in [-0.1, -0.05) is 11.6 Å². The monoisotopic (exact) mass is 217 g/mol. The highest BCUT2D eigenvalue weighted by atomic mass is 35.5. The van der Waals surface area contributed by atoms with Crippen LogP contribution in [-0.4, -0.2) is 20.3 Å². The van der Waals surface area contributed by atoms with E-state index in [9.17, 15) is 4.39 Å². The summed E-state index contributed by atoms with van der Waals surface area (Å²) in [6.45, 7) is 1.40. The summed E-state index contributed by atoms with van der Waals surface area (Å²) in [4.78, 5) is 0. The third-order valence-electron chi connectivity index (χ3n) is 1.77. The SMILES string of the molecule is COCCCNc1cc(F)ccc1Cl. The number of nitrogens with one attached hydrogen (secondary N) is 1. The zero-order valence-corrected chi connectivity index (χ0v) is 8.77. The Hall–Kier alpha value is -0.800. The van der Waals surface area contributed by atoms with Crippen molar-refractivity contribution in [2.75, 3.05) is 25.6 Å². The molecule has 0 unspecified atom stereocenters. The summed E-state index contributed by atoms with van der Waals surface area (Å²) < 4.78 is 17.7. The minimum absolute atomic E-state index is 0.288. The lowest BCUT2D eigenvalue weighted by molar-refractivity contribution is 0.198. The molecular formula is C10H13ClFNO. The standard InChI is InChI=1S/C10H13ClFNO/c1-14-6-2-5-13-10-7-8(12)3-4-9(10)11/h3-4,7,13H,2,5-6H2,1H3. The lowest BCUT2D eigenvalue weighted by Gasteiger charge is -2.07. The molecule has 0 saturated heterocycles. The van der Waals surface area contributed by atoms with Gasteiger partial charge in [0.15, 0.2) is 0 Å². The van der Waals surface area contributed by atoms with E-state index in [1.807, 2.05) is 0 Å². The second-order valence-electron chi connectivity index (χ2n) is 2.90. The molecule has 78 valence electrons. The van der Waals surface area contributed by atoms with Gasteiger partial charge in [0.1, 0.15) is 5.82 Å². The minimum Gasteiger partial charge on any atom is -0.385 e. The molecule has 4 heteroatoms. The molecule has 0 aliphatic rings. The van der Waals surface area contributed by atoms with Gasteiger partial charge in [0.2, 0.25) is 0 Å². The number of rotatable bonds is 5. The van der Waals surface area contributed by atoms with Crippen LogP contribution in [0.25, 0.3) is 0 Å². The first kappa shape index (κ1) is 11.3. The Kier molecular flexibility index (Phi) is 4.70. The van der Waals surface area contributed by atoms with Crippen molar-refractivity contribution < 1.29 is 9.13 Å². The smallest absolute Gasteiger partial charge is 0.125 e. The molecule has 0 fully saturated rings. The molecule has 0 radical (unpaired) electrons. The molecule has 0 spiro atoms. The Morgan fingerprint density at radius 1 is 1.50 bits per heavy atom. The van der Waals surface area contributed by atoms with Crippen molar-refractivity contribution in [1.29, 1.82) is 0 Å². The van der Waals surface area contributed by atoms with Gasteiger partial charge in [-0.05, 0) is 24.6 Å². The molecule has 0 bridgehead atoms. The molecule has 0 saturated carbocycles. The average Bonchev–Trinajstić information content (AvgIpc) is 2.18. The number of methoxy groups -OCH3 is 1. The van der Waals surface area contributed by atoms with Crippen molar-refractivity contribution in [3.05, 3.63) is 29.0 Å². The van der Waals surface area contributed by atoms with Gasteiger partial charge in [0, 0.05) is 20.3 Å². The van der Waals surface area contributed by atoms with E-state index in [1.54, 1.807) is 7.11 Å². The van der Waals surface area contributed by atoms with Gasteiger partial charge >= 0.3 is 0 Å². The molecule has 1 aromatic rings. The molecule has 2 nitrogen and oxygen atoms in total. The highest BCUT2D eigenvalue weighted by Gasteiger charge is 2.00. The molecule has 1 rings (SSSR count). The summed E-state index contributed by atoms with van der Waals surface area (Å²) in [5.41, 5.74) is 0.628. The quantitative estimate of drug-likeness (QED) is 0.766. The predicted octanol–water partition coefficient (Wildman–Crippen LogP) is 2.93. The number of hydrogen-bond donors (Lipinski definition) is 1. The van der Waals surface area contributed by atoms with Gasteiger partial charge < -0.3 is 10.1 Å². The number of halogens is 2. The fourth-order valence-electron chi connectivity index (χ4n) is 1.07.